The number of aromatic nitrogens is 1. The fourth-order valence-corrected chi connectivity index (χ4v) is 4.07. The first kappa shape index (κ1) is 15.0. The summed E-state index contributed by atoms with van der Waals surface area (Å²) in [5, 5.41) is 10.4. The smallest absolute Gasteiger partial charge is 0.0812 e. The SMILES string of the molecule is CCSCC(C)n1c(C)cc2c1CC(C)(C)CC2O. The standard InChI is InChI=1S/C16H27NOS/c1-6-19-10-12(3)17-11(2)7-13-14(17)8-16(4,5)9-15(13)18/h7,12,15,18H,6,8-10H2,1-5H3. The van der Waals surface area contributed by atoms with Gasteiger partial charge in [0.15, 0.2) is 0 Å². The van der Waals surface area contributed by atoms with Gasteiger partial charge in [0, 0.05) is 28.7 Å². The molecule has 19 heavy (non-hydrogen) atoms. The van der Waals surface area contributed by atoms with Crippen LogP contribution in [-0.2, 0) is 6.42 Å². The summed E-state index contributed by atoms with van der Waals surface area (Å²) in [6.45, 7) is 11.2. The van der Waals surface area contributed by atoms with E-state index in [0.29, 0.717) is 6.04 Å². The van der Waals surface area contributed by atoms with Crippen LogP contribution in [0, 0.1) is 12.3 Å². The van der Waals surface area contributed by atoms with Gasteiger partial charge in [0.1, 0.15) is 0 Å². The minimum Gasteiger partial charge on any atom is -0.388 e. The Morgan fingerprint density at radius 3 is 2.84 bits per heavy atom. The van der Waals surface area contributed by atoms with Gasteiger partial charge in [-0.3, -0.25) is 0 Å². The van der Waals surface area contributed by atoms with Gasteiger partial charge in [-0.15, -0.1) is 0 Å². The molecule has 2 rings (SSSR count). The van der Waals surface area contributed by atoms with Crippen molar-refractivity contribution in [2.75, 3.05) is 11.5 Å². The lowest BCUT2D eigenvalue weighted by molar-refractivity contribution is 0.0977. The van der Waals surface area contributed by atoms with E-state index in [1.165, 1.54) is 22.7 Å². The average Bonchev–Trinajstić information content (AvgIpc) is 2.61. The Kier molecular flexibility index (Phi) is 4.36. The summed E-state index contributed by atoms with van der Waals surface area (Å²) in [5.74, 6) is 2.32. The molecule has 2 unspecified atom stereocenters. The summed E-state index contributed by atoms with van der Waals surface area (Å²) in [6.07, 6.45) is 1.67. The van der Waals surface area contributed by atoms with E-state index in [9.17, 15) is 5.11 Å². The number of rotatable bonds is 4. The molecule has 0 aliphatic heterocycles. The van der Waals surface area contributed by atoms with Crippen molar-refractivity contribution in [2.45, 2.75) is 59.6 Å². The maximum atomic E-state index is 10.4. The predicted octanol–water partition coefficient (Wildman–Crippen LogP) is 4.12. The van der Waals surface area contributed by atoms with Crippen LogP contribution >= 0.6 is 11.8 Å². The number of hydrogen-bond acceptors (Lipinski definition) is 2. The first-order valence-electron chi connectivity index (χ1n) is 7.32. The second-order valence-corrected chi connectivity index (χ2v) is 7.95. The van der Waals surface area contributed by atoms with Crippen LogP contribution in [0.5, 0.6) is 0 Å². The Balaban J connectivity index is 2.35. The Morgan fingerprint density at radius 2 is 2.21 bits per heavy atom. The van der Waals surface area contributed by atoms with Crippen LogP contribution in [-0.4, -0.2) is 21.2 Å². The summed E-state index contributed by atoms with van der Waals surface area (Å²) < 4.78 is 2.46. The maximum Gasteiger partial charge on any atom is 0.0812 e. The number of nitrogens with zero attached hydrogens (tertiary/aromatic N) is 1. The van der Waals surface area contributed by atoms with Crippen molar-refractivity contribution < 1.29 is 5.11 Å². The van der Waals surface area contributed by atoms with Crippen molar-refractivity contribution in [3.63, 3.8) is 0 Å². The Morgan fingerprint density at radius 1 is 1.53 bits per heavy atom. The van der Waals surface area contributed by atoms with Gasteiger partial charge in [0.2, 0.25) is 0 Å². The van der Waals surface area contributed by atoms with Gasteiger partial charge in [-0.2, -0.15) is 11.8 Å². The minimum atomic E-state index is -0.287. The second-order valence-electron chi connectivity index (χ2n) is 6.63. The predicted molar refractivity (Wildman–Crippen MR) is 83.9 cm³/mol. The number of aryl methyl sites for hydroxylation is 1. The van der Waals surface area contributed by atoms with Gasteiger partial charge in [-0.05, 0) is 43.9 Å². The van der Waals surface area contributed by atoms with Gasteiger partial charge < -0.3 is 9.67 Å². The third kappa shape index (κ3) is 3.03. The quantitative estimate of drug-likeness (QED) is 0.898. The molecule has 0 radical (unpaired) electrons. The van der Waals surface area contributed by atoms with Crippen molar-refractivity contribution in [2.24, 2.45) is 5.41 Å². The summed E-state index contributed by atoms with van der Waals surface area (Å²) >= 11 is 1.99. The Labute approximate surface area is 121 Å². The van der Waals surface area contributed by atoms with E-state index in [4.69, 9.17) is 0 Å². The maximum absolute atomic E-state index is 10.4. The molecular formula is C16H27NOS. The highest BCUT2D eigenvalue weighted by atomic mass is 32.2. The molecule has 0 saturated carbocycles. The van der Waals surface area contributed by atoms with Crippen molar-refractivity contribution in [3.8, 4) is 0 Å². The normalized spacial score (nSPS) is 23.2. The summed E-state index contributed by atoms with van der Waals surface area (Å²) in [5.41, 5.74) is 4.04. The fourth-order valence-electron chi connectivity index (χ4n) is 3.34. The minimum absolute atomic E-state index is 0.201. The highest BCUT2D eigenvalue weighted by Gasteiger charge is 2.34. The zero-order chi connectivity index (χ0) is 14.2. The number of aliphatic hydroxyl groups is 1. The van der Waals surface area contributed by atoms with Crippen LogP contribution in [0.1, 0.15) is 63.2 Å². The van der Waals surface area contributed by atoms with E-state index >= 15 is 0 Å². The van der Waals surface area contributed by atoms with Crippen LogP contribution in [0.2, 0.25) is 0 Å². The first-order valence-corrected chi connectivity index (χ1v) is 8.47. The van der Waals surface area contributed by atoms with Crippen molar-refractivity contribution in [3.05, 3.63) is 23.0 Å². The largest absolute Gasteiger partial charge is 0.388 e. The van der Waals surface area contributed by atoms with E-state index in [0.717, 1.165) is 18.6 Å². The zero-order valence-electron chi connectivity index (χ0n) is 12.9. The lowest BCUT2D eigenvalue weighted by Gasteiger charge is -2.35. The van der Waals surface area contributed by atoms with Crippen molar-refractivity contribution in [1.29, 1.82) is 0 Å². The van der Waals surface area contributed by atoms with Gasteiger partial charge in [0.25, 0.3) is 0 Å². The molecule has 0 spiro atoms. The van der Waals surface area contributed by atoms with E-state index in [2.05, 4.69) is 45.3 Å². The van der Waals surface area contributed by atoms with Crippen LogP contribution < -0.4 is 0 Å². The number of thioether (sulfide) groups is 1. The number of fused-ring (bicyclic) bond motifs is 1. The summed E-state index contributed by atoms with van der Waals surface area (Å²) in [4.78, 5) is 0. The highest BCUT2D eigenvalue weighted by Crippen LogP contribution is 2.43. The molecule has 0 fully saturated rings. The van der Waals surface area contributed by atoms with Crippen LogP contribution in [0.15, 0.2) is 6.07 Å². The van der Waals surface area contributed by atoms with Crippen LogP contribution in [0.3, 0.4) is 0 Å². The Hall–Kier alpha value is -0.410. The molecule has 1 aromatic rings. The molecule has 1 N–H and O–H groups in total. The average molecular weight is 281 g/mol. The van der Waals surface area contributed by atoms with Gasteiger partial charge in [-0.25, -0.2) is 0 Å². The Bertz CT molecular complexity index is 450. The van der Waals surface area contributed by atoms with E-state index in [1.54, 1.807) is 0 Å². The molecule has 1 aromatic heterocycles. The summed E-state index contributed by atoms with van der Waals surface area (Å²) in [6, 6.07) is 2.71. The van der Waals surface area contributed by atoms with Crippen LogP contribution in [0.4, 0.5) is 0 Å². The number of hydrogen-bond donors (Lipinski definition) is 1. The third-order valence-corrected chi connectivity index (χ3v) is 5.25. The first-order chi connectivity index (χ1) is 8.85. The zero-order valence-corrected chi connectivity index (χ0v) is 13.7. The van der Waals surface area contributed by atoms with Crippen molar-refractivity contribution >= 4 is 11.8 Å². The molecule has 3 heteroatoms. The molecule has 2 atom stereocenters. The van der Waals surface area contributed by atoms with Crippen molar-refractivity contribution in [1.82, 2.24) is 4.57 Å². The molecule has 0 saturated heterocycles. The lowest BCUT2D eigenvalue weighted by atomic mass is 9.75. The molecule has 1 aliphatic rings. The topological polar surface area (TPSA) is 25.2 Å². The highest BCUT2D eigenvalue weighted by molar-refractivity contribution is 7.99. The molecule has 1 aliphatic carbocycles. The van der Waals surface area contributed by atoms with Gasteiger partial charge in [-0.1, -0.05) is 20.8 Å². The molecule has 1 heterocycles. The molecular weight excluding hydrogens is 254 g/mol. The molecule has 2 nitrogen and oxygen atoms in total. The fraction of sp³-hybridized carbons (Fsp3) is 0.750. The van der Waals surface area contributed by atoms with E-state index in [-0.39, 0.29) is 11.5 Å². The van der Waals surface area contributed by atoms with E-state index in [1.807, 2.05) is 11.8 Å². The van der Waals surface area contributed by atoms with Crippen LogP contribution in [0.25, 0.3) is 0 Å². The molecule has 108 valence electrons. The number of aliphatic hydroxyl groups excluding tert-OH is 1. The molecule has 0 bridgehead atoms. The van der Waals surface area contributed by atoms with E-state index < -0.39 is 0 Å². The monoisotopic (exact) mass is 281 g/mol. The second kappa shape index (κ2) is 5.53. The third-order valence-electron chi connectivity index (χ3n) is 4.12. The lowest BCUT2D eigenvalue weighted by Crippen LogP contribution is -2.27. The molecule has 0 aromatic carbocycles. The van der Waals surface area contributed by atoms with Gasteiger partial charge in [0.05, 0.1) is 6.10 Å². The summed E-state index contributed by atoms with van der Waals surface area (Å²) in [7, 11) is 0. The molecule has 0 amide bonds. The van der Waals surface area contributed by atoms with Gasteiger partial charge >= 0.3 is 0 Å².